The molecular formula is C21H18N2O3S2. The predicted octanol–water partition coefficient (Wildman–Crippen LogP) is 4.69. The molecule has 3 aromatic heterocycles. The first-order chi connectivity index (χ1) is 13.5. The molecule has 4 rings (SSSR count). The summed E-state index contributed by atoms with van der Waals surface area (Å²) >= 11 is 2.79. The number of furan rings is 1. The number of thiophene rings is 1. The van der Waals surface area contributed by atoms with E-state index in [9.17, 15) is 9.59 Å². The molecule has 0 N–H and O–H groups in total. The lowest BCUT2D eigenvalue weighted by Gasteiger charge is -2.11. The molecule has 7 heteroatoms. The van der Waals surface area contributed by atoms with Crippen LogP contribution in [-0.2, 0) is 6.54 Å². The van der Waals surface area contributed by atoms with Gasteiger partial charge in [-0.25, -0.2) is 4.98 Å². The van der Waals surface area contributed by atoms with E-state index in [0.717, 1.165) is 10.4 Å². The summed E-state index contributed by atoms with van der Waals surface area (Å²) in [6, 6.07) is 12.8. The van der Waals surface area contributed by atoms with Gasteiger partial charge in [-0.2, -0.15) is 0 Å². The second kappa shape index (κ2) is 7.77. The van der Waals surface area contributed by atoms with Crippen LogP contribution >= 0.6 is 23.1 Å². The summed E-state index contributed by atoms with van der Waals surface area (Å²) in [5.41, 5.74) is 1.51. The van der Waals surface area contributed by atoms with Gasteiger partial charge in [0.05, 0.1) is 23.9 Å². The number of ketones is 1. The van der Waals surface area contributed by atoms with E-state index in [-0.39, 0.29) is 23.6 Å². The lowest BCUT2D eigenvalue weighted by atomic mass is 10.2. The third-order valence-electron chi connectivity index (χ3n) is 4.58. The van der Waals surface area contributed by atoms with Gasteiger partial charge in [-0.1, -0.05) is 42.1 Å². The van der Waals surface area contributed by atoms with Gasteiger partial charge in [0, 0.05) is 10.4 Å². The van der Waals surface area contributed by atoms with E-state index in [1.807, 2.05) is 38.1 Å². The molecule has 142 valence electrons. The summed E-state index contributed by atoms with van der Waals surface area (Å²) in [5.74, 6) is 0.885. The third-order valence-corrected chi connectivity index (χ3v) is 6.65. The van der Waals surface area contributed by atoms with Gasteiger partial charge in [0.1, 0.15) is 10.6 Å². The molecule has 1 aromatic carbocycles. The topological polar surface area (TPSA) is 65.1 Å². The highest BCUT2D eigenvalue weighted by molar-refractivity contribution is 7.99. The molecule has 0 unspecified atom stereocenters. The molecule has 0 aliphatic carbocycles. The van der Waals surface area contributed by atoms with Crippen molar-refractivity contribution in [3.05, 3.63) is 80.8 Å². The van der Waals surface area contributed by atoms with Crippen LogP contribution in [0.1, 0.15) is 26.6 Å². The lowest BCUT2D eigenvalue weighted by Crippen LogP contribution is -2.24. The van der Waals surface area contributed by atoms with E-state index in [1.165, 1.54) is 23.1 Å². The second-order valence-corrected chi connectivity index (χ2v) is 8.55. The van der Waals surface area contributed by atoms with Crippen LogP contribution in [0.4, 0.5) is 0 Å². The Kier molecular flexibility index (Phi) is 5.19. The second-order valence-electron chi connectivity index (χ2n) is 6.41. The summed E-state index contributed by atoms with van der Waals surface area (Å²) < 4.78 is 7.03. The number of hydrogen-bond acceptors (Lipinski definition) is 6. The highest BCUT2D eigenvalue weighted by atomic mass is 32.2. The molecule has 0 bridgehead atoms. The maximum atomic E-state index is 13.2. The van der Waals surface area contributed by atoms with Crippen molar-refractivity contribution in [1.29, 1.82) is 0 Å². The molecule has 0 fully saturated rings. The van der Waals surface area contributed by atoms with Gasteiger partial charge in [0.2, 0.25) is 0 Å². The Morgan fingerprint density at radius 1 is 1.18 bits per heavy atom. The first kappa shape index (κ1) is 18.7. The first-order valence-electron chi connectivity index (χ1n) is 8.78. The Morgan fingerprint density at radius 2 is 1.96 bits per heavy atom. The lowest BCUT2D eigenvalue weighted by molar-refractivity contribution is 0.102. The molecule has 0 saturated heterocycles. The Hall–Kier alpha value is -2.64. The number of nitrogens with zero attached hydrogens (tertiary/aromatic N) is 2. The molecule has 4 aromatic rings. The zero-order valence-electron chi connectivity index (χ0n) is 15.5. The Bertz CT molecular complexity index is 1190. The van der Waals surface area contributed by atoms with Crippen LogP contribution in [0.15, 0.2) is 63.1 Å². The van der Waals surface area contributed by atoms with E-state index in [4.69, 9.17) is 9.40 Å². The predicted molar refractivity (Wildman–Crippen MR) is 113 cm³/mol. The number of hydrogen-bond donors (Lipinski definition) is 0. The van der Waals surface area contributed by atoms with Gasteiger partial charge in [-0.3, -0.25) is 14.2 Å². The quantitative estimate of drug-likeness (QED) is 0.262. The van der Waals surface area contributed by atoms with E-state index in [2.05, 4.69) is 0 Å². The SMILES string of the molecule is Cc1sc2nc(SCC(=O)c3ccccc3)n(Cc3ccco3)c(=O)c2c1C. The highest BCUT2D eigenvalue weighted by Gasteiger charge is 2.18. The van der Waals surface area contributed by atoms with Crippen LogP contribution in [-0.4, -0.2) is 21.1 Å². The summed E-state index contributed by atoms with van der Waals surface area (Å²) in [5, 5.41) is 1.17. The van der Waals surface area contributed by atoms with Crippen molar-refractivity contribution in [3.63, 3.8) is 0 Å². The molecule has 0 atom stereocenters. The Balaban J connectivity index is 1.73. The Morgan fingerprint density at radius 3 is 2.68 bits per heavy atom. The fraction of sp³-hybridized carbons (Fsp3) is 0.190. The van der Waals surface area contributed by atoms with Crippen molar-refractivity contribution in [1.82, 2.24) is 9.55 Å². The van der Waals surface area contributed by atoms with Crippen LogP contribution in [0, 0.1) is 13.8 Å². The summed E-state index contributed by atoms with van der Waals surface area (Å²) in [6.07, 6.45) is 1.58. The normalized spacial score (nSPS) is 11.2. The number of carbonyl (C=O) groups excluding carboxylic acids is 1. The number of carbonyl (C=O) groups is 1. The zero-order chi connectivity index (χ0) is 19.7. The van der Waals surface area contributed by atoms with E-state index >= 15 is 0 Å². The molecule has 5 nitrogen and oxygen atoms in total. The average Bonchev–Trinajstić information content (AvgIpc) is 3.31. The molecule has 0 saturated carbocycles. The number of Topliss-reactive ketones (excluding diaryl/α,β-unsaturated/α-hetero) is 1. The number of benzene rings is 1. The van der Waals surface area contributed by atoms with Gasteiger partial charge < -0.3 is 4.42 Å². The number of rotatable bonds is 6. The number of thioether (sulfide) groups is 1. The van der Waals surface area contributed by atoms with Crippen molar-refractivity contribution in [2.75, 3.05) is 5.75 Å². The maximum absolute atomic E-state index is 13.2. The van der Waals surface area contributed by atoms with Crippen molar-refractivity contribution >= 4 is 39.1 Å². The average molecular weight is 411 g/mol. The molecule has 0 radical (unpaired) electrons. The standard InChI is InChI=1S/C21H18N2O3S2/c1-13-14(2)28-19-18(13)20(25)23(11-16-9-6-10-26-16)21(22-19)27-12-17(24)15-7-4-3-5-8-15/h3-10H,11-12H2,1-2H3. The monoisotopic (exact) mass is 410 g/mol. The highest BCUT2D eigenvalue weighted by Crippen LogP contribution is 2.29. The summed E-state index contributed by atoms with van der Waals surface area (Å²) in [4.78, 5) is 32.2. The van der Waals surface area contributed by atoms with E-state index < -0.39 is 0 Å². The van der Waals surface area contributed by atoms with Gasteiger partial charge in [0.25, 0.3) is 5.56 Å². The van der Waals surface area contributed by atoms with Gasteiger partial charge >= 0.3 is 0 Å². The maximum Gasteiger partial charge on any atom is 0.263 e. The van der Waals surface area contributed by atoms with Crippen LogP contribution in [0.2, 0.25) is 0 Å². The fourth-order valence-electron chi connectivity index (χ4n) is 2.95. The molecule has 0 aliphatic rings. The molecule has 0 amide bonds. The third kappa shape index (κ3) is 3.55. The first-order valence-corrected chi connectivity index (χ1v) is 10.6. The van der Waals surface area contributed by atoms with Gasteiger partial charge in [-0.05, 0) is 31.5 Å². The summed E-state index contributed by atoms with van der Waals surface area (Å²) in [7, 11) is 0. The molecule has 0 aliphatic heterocycles. The fourth-order valence-corrected chi connectivity index (χ4v) is 4.92. The van der Waals surface area contributed by atoms with Crippen LogP contribution in [0.25, 0.3) is 10.2 Å². The minimum absolute atomic E-state index is 0.00281. The Labute approximate surface area is 170 Å². The van der Waals surface area contributed by atoms with Crippen LogP contribution < -0.4 is 5.56 Å². The number of aromatic nitrogens is 2. The van der Waals surface area contributed by atoms with E-state index in [0.29, 0.717) is 26.7 Å². The van der Waals surface area contributed by atoms with Crippen LogP contribution in [0.5, 0.6) is 0 Å². The molecule has 0 spiro atoms. The van der Waals surface area contributed by atoms with E-state index in [1.54, 1.807) is 29.0 Å². The minimum atomic E-state index is -0.0992. The van der Waals surface area contributed by atoms with Gasteiger partial charge in [0.15, 0.2) is 10.9 Å². The largest absolute Gasteiger partial charge is 0.467 e. The summed E-state index contributed by atoms with van der Waals surface area (Å²) in [6.45, 7) is 4.22. The smallest absolute Gasteiger partial charge is 0.263 e. The molecular weight excluding hydrogens is 392 g/mol. The number of aryl methyl sites for hydroxylation is 2. The van der Waals surface area contributed by atoms with Gasteiger partial charge in [-0.15, -0.1) is 11.3 Å². The van der Waals surface area contributed by atoms with Crippen molar-refractivity contribution in [2.24, 2.45) is 0 Å². The molecule has 3 heterocycles. The molecule has 28 heavy (non-hydrogen) atoms. The minimum Gasteiger partial charge on any atom is -0.467 e. The van der Waals surface area contributed by atoms with Crippen molar-refractivity contribution in [2.45, 2.75) is 25.5 Å². The van der Waals surface area contributed by atoms with Crippen LogP contribution in [0.3, 0.4) is 0 Å². The zero-order valence-corrected chi connectivity index (χ0v) is 17.1. The van der Waals surface area contributed by atoms with Crippen molar-refractivity contribution < 1.29 is 9.21 Å². The van der Waals surface area contributed by atoms with Crippen molar-refractivity contribution in [3.8, 4) is 0 Å². The number of fused-ring (bicyclic) bond motifs is 1.